The maximum Gasteiger partial charge on any atom is 0.125 e. The van der Waals surface area contributed by atoms with Crippen molar-refractivity contribution in [3.8, 4) is 11.5 Å². The lowest BCUT2D eigenvalue weighted by molar-refractivity contribution is 0.391. The number of fused-ring (bicyclic) bond motifs is 3. The Bertz CT molecular complexity index is 1540. The fourth-order valence-corrected chi connectivity index (χ4v) is 5.19. The average molecular weight is 508 g/mol. The van der Waals surface area contributed by atoms with Crippen LogP contribution in [-0.2, 0) is 32.2 Å². The van der Waals surface area contributed by atoms with Crippen LogP contribution in [-0.4, -0.2) is 28.8 Å². The maximum absolute atomic E-state index is 5.66. The van der Waals surface area contributed by atoms with E-state index < -0.39 is 0 Å². The van der Waals surface area contributed by atoms with E-state index in [2.05, 4.69) is 73.0 Å². The molecule has 2 heterocycles. The highest BCUT2D eigenvalue weighted by Gasteiger charge is 2.19. The molecule has 5 nitrogen and oxygen atoms in total. The minimum atomic E-state index is 0.777. The first-order valence-corrected chi connectivity index (χ1v) is 13.7. The van der Waals surface area contributed by atoms with Crippen LogP contribution in [0.2, 0.25) is 0 Å². The predicted molar refractivity (Wildman–Crippen MR) is 156 cm³/mol. The lowest BCUT2D eigenvalue weighted by Gasteiger charge is -2.13. The standard InChI is InChI=1S/C33H37N3O2/c1-5-7-12-31-35-32-29(20-18-25-17-19-26(37-3)21-30(25)38-4)34-28-11-9-8-10-27(28)33(32)36(31)22-24-15-13-23(6-2)14-16-24/h8-11,13-17,19,21H,5-7,12,18,20,22H2,1-4H3. The number of unbranched alkanes of at least 4 members (excludes halogenated alkanes) is 1. The Morgan fingerprint density at radius 1 is 0.789 bits per heavy atom. The summed E-state index contributed by atoms with van der Waals surface area (Å²) in [6, 6.07) is 23.5. The molecule has 0 unspecified atom stereocenters. The summed E-state index contributed by atoms with van der Waals surface area (Å²) in [5.41, 5.74) is 8.06. The number of aromatic nitrogens is 3. The number of rotatable bonds is 11. The van der Waals surface area contributed by atoms with Crippen molar-refractivity contribution >= 4 is 21.9 Å². The van der Waals surface area contributed by atoms with Crippen molar-refractivity contribution in [1.29, 1.82) is 0 Å². The van der Waals surface area contributed by atoms with Crippen LogP contribution >= 0.6 is 0 Å². The van der Waals surface area contributed by atoms with Crippen molar-refractivity contribution in [1.82, 2.24) is 14.5 Å². The van der Waals surface area contributed by atoms with Gasteiger partial charge in [-0.15, -0.1) is 0 Å². The van der Waals surface area contributed by atoms with Crippen LogP contribution in [0.25, 0.3) is 21.9 Å². The first-order valence-electron chi connectivity index (χ1n) is 13.7. The topological polar surface area (TPSA) is 49.2 Å². The van der Waals surface area contributed by atoms with Crippen molar-refractivity contribution < 1.29 is 9.47 Å². The van der Waals surface area contributed by atoms with E-state index in [0.29, 0.717) is 0 Å². The number of ether oxygens (including phenoxy) is 2. The molecule has 0 bridgehead atoms. The normalized spacial score (nSPS) is 11.4. The Kier molecular flexibility index (Phi) is 7.92. The van der Waals surface area contributed by atoms with Gasteiger partial charge in [-0.1, -0.05) is 68.8 Å². The van der Waals surface area contributed by atoms with Crippen LogP contribution in [0.4, 0.5) is 0 Å². The third-order valence-electron chi connectivity index (χ3n) is 7.39. The Labute approximate surface area is 225 Å². The van der Waals surface area contributed by atoms with E-state index in [4.69, 9.17) is 19.4 Å². The van der Waals surface area contributed by atoms with Crippen molar-refractivity contribution in [2.75, 3.05) is 14.2 Å². The molecule has 0 amide bonds. The molecule has 0 saturated heterocycles. The zero-order valence-corrected chi connectivity index (χ0v) is 23.0. The highest BCUT2D eigenvalue weighted by atomic mass is 16.5. The van der Waals surface area contributed by atoms with Crippen LogP contribution in [0.3, 0.4) is 0 Å². The first kappa shape index (κ1) is 25.8. The van der Waals surface area contributed by atoms with Crippen molar-refractivity contribution in [2.24, 2.45) is 0 Å². The van der Waals surface area contributed by atoms with Gasteiger partial charge in [0.1, 0.15) is 22.8 Å². The van der Waals surface area contributed by atoms with Gasteiger partial charge in [0.15, 0.2) is 0 Å². The van der Waals surface area contributed by atoms with Gasteiger partial charge in [0.2, 0.25) is 0 Å². The van der Waals surface area contributed by atoms with Crippen LogP contribution < -0.4 is 9.47 Å². The van der Waals surface area contributed by atoms with Gasteiger partial charge < -0.3 is 14.0 Å². The summed E-state index contributed by atoms with van der Waals surface area (Å²) >= 11 is 0. The zero-order chi connectivity index (χ0) is 26.5. The predicted octanol–water partition coefficient (Wildman–Crippen LogP) is 7.34. The summed E-state index contributed by atoms with van der Waals surface area (Å²) in [4.78, 5) is 10.4. The van der Waals surface area contributed by atoms with E-state index in [1.165, 1.54) is 16.6 Å². The molecule has 0 atom stereocenters. The quantitative estimate of drug-likeness (QED) is 0.188. The molecule has 0 aliphatic rings. The zero-order valence-electron chi connectivity index (χ0n) is 23.0. The Balaban J connectivity index is 1.61. The van der Waals surface area contributed by atoms with Gasteiger partial charge in [0.05, 0.1) is 30.9 Å². The van der Waals surface area contributed by atoms with E-state index in [1.807, 2.05) is 12.1 Å². The smallest absolute Gasteiger partial charge is 0.125 e. The van der Waals surface area contributed by atoms with Crippen LogP contribution in [0.5, 0.6) is 11.5 Å². The number of imidazole rings is 1. The minimum Gasteiger partial charge on any atom is -0.497 e. The van der Waals surface area contributed by atoms with Gasteiger partial charge >= 0.3 is 0 Å². The number of aryl methyl sites for hydroxylation is 4. The molecule has 3 aromatic carbocycles. The third kappa shape index (κ3) is 5.24. The second kappa shape index (κ2) is 11.7. The minimum absolute atomic E-state index is 0.777. The van der Waals surface area contributed by atoms with E-state index in [1.54, 1.807) is 14.2 Å². The number of benzene rings is 3. The van der Waals surface area contributed by atoms with Crippen molar-refractivity contribution in [2.45, 2.75) is 58.9 Å². The Morgan fingerprint density at radius 2 is 1.58 bits per heavy atom. The average Bonchev–Trinajstić information content (AvgIpc) is 3.33. The summed E-state index contributed by atoms with van der Waals surface area (Å²) in [7, 11) is 3.38. The molecule has 5 aromatic rings. The van der Waals surface area contributed by atoms with Gasteiger partial charge in [-0.05, 0) is 54.5 Å². The van der Waals surface area contributed by atoms with E-state index in [-0.39, 0.29) is 0 Å². The van der Waals surface area contributed by atoms with Crippen LogP contribution in [0.15, 0.2) is 66.7 Å². The molecule has 0 saturated carbocycles. The van der Waals surface area contributed by atoms with E-state index in [0.717, 1.165) is 90.1 Å². The SMILES string of the molecule is CCCCc1nc2c(CCc3ccc(OC)cc3OC)nc3ccccc3c2n1Cc1ccc(CC)cc1. The number of methoxy groups -OCH3 is 2. The van der Waals surface area contributed by atoms with Crippen LogP contribution in [0, 0.1) is 0 Å². The molecule has 5 rings (SSSR count). The molecule has 0 radical (unpaired) electrons. The molecule has 38 heavy (non-hydrogen) atoms. The third-order valence-corrected chi connectivity index (χ3v) is 7.39. The summed E-state index contributed by atoms with van der Waals surface area (Å²) in [5, 5.41) is 1.16. The van der Waals surface area contributed by atoms with E-state index in [9.17, 15) is 0 Å². The molecule has 0 spiro atoms. The highest BCUT2D eigenvalue weighted by Crippen LogP contribution is 2.31. The van der Waals surface area contributed by atoms with Crippen molar-refractivity contribution in [3.05, 3.63) is 94.9 Å². The molecular weight excluding hydrogens is 470 g/mol. The van der Waals surface area contributed by atoms with Crippen LogP contribution in [0.1, 0.15) is 54.9 Å². The lowest BCUT2D eigenvalue weighted by atomic mass is 10.0. The molecular formula is C33H37N3O2. The summed E-state index contributed by atoms with van der Waals surface area (Å²) in [6.07, 6.45) is 5.84. The molecule has 0 aliphatic carbocycles. The molecule has 2 aromatic heterocycles. The summed E-state index contributed by atoms with van der Waals surface area (Å²) < 4.78 is 13.5. The molecule has 0 fully saturated rings. The second-order valence-corrected chi connectivity index (χ2v) is 9.84. The summed E-state index contributed by atoms with van der Waals surface area (Å²) in [5.74, 6) is 2.78. The monoisotopic (exact) mass is 507 g/mol. The largest absolute Gasteiger partial charge is 0.497 e. The molecule has 5 heteroatoms. The Morgan fingerprint density at radius 3 is 2.32 bits per heavy atom. The number of pyridine rings is 1. The first-order chi connectivity index (χ1) is 18.6. The van der Waals surface area contributed by atoms with Gasteiger partial charge in [0.25, 0.3) is 0 Å². The number of para-hydroxylation sites is 1. The molecule has 0 aliphatic heterocycles. The molecule has 0 N–H and O–H groups in total. The summed E-state index contributed by atoms with van der Waals surface area (Å²) in [6.45, 7) is 5.24. The maximum atomic E-state index is 5.66. The number of hydrogen-bond acceptors (Lipinski definition) is 4. The molecule has 196 valence electrons. The Hall–Kier alpha value is -3.86. The number of nitrogens with zero attached hydrogens (tertiary/aromatic N) is 3. The number of hydrogen-bond donors (Lipinski definition) is 0. The van der Waals surface area contributed by atoms with Gasteiger partial charge in [-0.3, -0.25) is 4.98 Å². The van der Waals surface area contributed by atoms with Crippen molar-refractivity contribution in [3.63, 3.8) is 0 Å². The lowest BCUT2D eigenvalue weighted by Crippen LogP contribution is -2.06. The van der Waals surface area contributed by atoms with Gasteiger partial charge in [-0.2, -0.15) is 0 Å². The second-order valence-electron chi connectivity index (χ2n) is 9.84. The van der Waals surface area contributed by atoms with E-state index >= 15 is 0 Å². The fraction of sp³-hybridized carbons (Fsp3) is 0.333. The van der Waals surface area contributed by atoms with Gasteiger partial charge in [-0.25, -0.2) is 4.98 Å². The fourth-order valence-electron chi connectivity index (χ4n) is 5.19. The highest BCUT2D eigenvalue weighted by molar-refractivity contribution is 6.03. The van der Waals surface area contributed by atoms with Gasteiger partial charge in [0, 0.05) is 24.4 Å².